The third kappa shape index (κ3) is 4.84. The van der Waals surface area contributed by atoms with Crippen molar-refractivity contribution in [2.75, 3.05) is 0 Å². The van der Waals surface area contributed by atoms with Crippen molar-refractivity contribution < 1.29 is 22.4 Å². The van der Waals surface area contributed by atoms with Crippen molar-refractivity contribution >= 4 is 6.03 Å². The Labute approximate surface area is 155 Å². The fourth-order valence-electron chi connectivity index (χ4n) is 3.52. The number of hydrogen-bond acceptors (Lipinski definition) is 3. The van der Waals surface area contributed by atoms with Crippen LogP contribution in [0.5, 0.6) is 0 Å². The highest BCUT2D eigenvalue weighted by atomic mass is 19.4. The summed E-state index contributed by atoms with van der Waals surface area (Å²) in [5.74, 6) is 0. The number of rotatable bonds is 5. The van der Waals surface area contributed by atoms with Crippen molar-refractivity contribution in [2.24, 2.45) is 7.05 Å². The zero-order valence-electron chi connectivity index (χ0n) is 15.1. The molecule has 0 saturated heterocycles. The first-order chi connectivity index (χ1) is 12.8. The largest absolute Gasteiger partial charge is 0.472 e. The third-order valence-electron chi connectivity index (χ3n) is 4.81. The number of aromatic nitrogens is 2. The molecule has 0 aromatic carbocycles. The summed E-state index contributed by atoms with van der Waals surface area (Å²) in [6, 6.07) is 1.48. The lowest BCUT2D eigenvalue weighted by Crippen LogP contribution is -2.46. The molecule has 1 N–H and O–H groups in total. The minimum absolute atomic E-state index is 0.0507. The molecule has 0 spiro atoms. The van der Waals surface area contributed by atoms with Crippen LogP contribution in [-0.2, 0) is 26.3 Å². The second-order valence-corrected chi connectivity index (χ2v) is 6.88. The van der Waals surface area contributed by atoms with E-state index in [1.807, 2.05) is 0 Å². The normalized spacial score (nSPS) is 15.7. The van der Waals surface area contributed by atoms with Crippen LogP contribution in [0.1, 0.15) is 48.9 Å². The summed E-state index contributed by atoms with van der Waals surface area (Å²) in [5, 5.41) is 6.11. The van der Waals surface area contributed by atoms with E-state index in [2.05, 4.69) is 10.4 Å². The summed E-state index contributed by atoms with van der Waals surface area (Å²) in [6.07, 6.45) is 4.86. The molecule has 0 aliphatic heterocycles. The molecule has 2 heterocycles. The first-order valence-corrected chi connectivity index (χ1v) is 9.00. The average Bonchev–Trinajstić information content (AvgIpc) is 3.27. The summed E-state index contributed by atoms with van der Waals surface area (Å²) in [4.78, 5) is 14.5. The van der Waals surface area contributed by atoms with Gasteiger partial charge in [-0.3, -0.25) is 4.68 Å². The number of alkyl halides is 3. The van der Waals surface area contributed by atoms with Gasteiger partial charge in [-0.2, -0.15) is 18.3 Å². The average molecular weight is 384 g/mol. The molecule has 1 fully saturated rings. The van der Waals surface area contributed by atoms with Crippen molar-refractivity contribution in [3.8, 4) is 0 Å². The van der Waals surface area contributed by atoms with Crippen LogP contribution in [0.15, 0.2) is 29.2 Å². The Balaban J connectivity index is 1.71. The van der Waals surface area contributed by atoms with Crippen LogP contribution >= 0.6 is 0 Å². The zero-order valence-corrected chi connectivity index (χ0v) is 15.1. The Bertz CT molecular complexity index is 749. The lowest BCUT2D eigenvalue weighted by atomic mass is 9.94. The molecular formula is C18H23F3N4O2. The molecule has 0 unspecified atom stereocenters. The Hall–Kier alpha value is -2.45. The standard InChI is InChI=1S/C18H23F3N4O2/c1-24-11-14(16(23-24)18(19,20)21)9-22-17(26)25(10-13-7-8-27-12-13)15-5-3-2-4-6-15/h7-8,11-12,15H,2-6,9-10H2,1H3,(H,22,26). The van der Waals surface area contributed by atoms with E-state index in [1.54, 1.807) is 17.2 Å². The van der Waals surface area contributed by atoms with Gasteiger partial charge in [0.1, 0.15) is 0 Å². The second-order valence-electron chi connectivity index (χ2n) is 6.88. The third-order valence-corrected chi connectivity index (χ3v) is 4.81. The van der Waals surface area contributed by atoms with Gasteiger partial charge in [-0.1, -0.05) is 19.3 Å². The molecule has 1 aliphatic rings. The summed E-state index contributed by atoms with van der Waals surface area (Å²) < 4.78 is 45.4. The maximum Gasteiger partial charge on any atom is 0.435 e. The minimum atomic E-state index is -4.55. The van der Waals surface area contributed by atoms with E-state index in [4.69, 9.17) is 4.42 Å². The van der Waals surface area contributed by atoms with Gasteiger partial charge in [0.15, 0.2) is 5.69 Å². The SMILES string of the molecule is Cn1cc(CNC(=O)N(Cc2ccoc2)C2CCCCC2)c(C(F)(F)F)n1. The lowest BCUT2D eigenvalue weighted by molar-refractivity contribution is -0.142. The van der Waals surface area contributed by atoms with Gasteiger partial charge in [0, 0.05) is 37.0 Å². The molecule has 6 nitrogen and oxygen atoms in total. The summed E-state index contributed by atoms with van der Waals surface area (Å²) >= 11 is 0. The second kappa shape index (κ2) is 8.06. The Morgan fingerprint density at radius 2 is 2.11 bits per heavy atom. The molecule has 9 heteroatoms. The number of amides is 2. The predicted molar refractivity (Wildman–Crippen MR) is 91.6 cm³/mol. The van der Waals surface area contributed by atoms with Gasteiger partial charge in [0.25, 0.3) is 0 Å². The molecule has 2 amide bonds. The summed E-state index contributed by atoms with van der Waals surface area (Å²) in [6.45, 7) is 0.141. The Kier molecular flexibility index (Phi) is 5.76. The van der Waals surface area contributed by atoms with Crippen molar-refractivity contribution in [2.45, 2.75) is 57.4 Å². The number of urea groups is 1. The minimum Gasteiger partial charge on any atom is -0.472 e. The van der Waals surface area contributed by atoms with Crippen molar-refractivity contribution in [3.63, 3.8) is 0 Å². The molecule has 27 heavy (non-hydrogen) atoms. The van der Waals surface area contributed by atoms with Crippen LogP contribution in [0, 0.1) is 0 Å². The molecule has 148 valence electrons. The van der Waals surface area contributed by atoms with Gasteiger partial charge in [0.05, 0.1) is 19.1 Å². The summed E-state index contributed by atoms with van der Waals surface area (Å²) in [5.41, 5.74) is -0.164. The molecule has 2 aromatic heterocycles. The number of aryl methyl sites for hydroxylation is 1. The van der Waals surface area contributed by atoms with Gasteiger partial charge in [-0.15, -0.1) is 0 Å². The van der Waals surface area contributed by atoms with Crippen molar-refractivity contribution in [3.05, 3.63) is 41.6 Å². The number of carbonyl (C=O) groups is 1. The maximum absolute atomic E-state index is 13.1. The van der Waals surface area contributed by atoms with E-state index in [1.165, 1.54) is 19.5 Å². The zero-order chi connectivity index (χ0) is 19.4. The van der Waals surface area contributed by atoms with E-state index < -0.39 is 11.9 Å². The topological polar surface area (TPSA) is 63.3 Å². The maximum atomic E-state index is 13.1. The molecule has 0 atom stereocenters. The van der Waals surface area contributed by atoms with Crippen LogP contribution in [0.3, 0.4) is 0 Å². The molecule has 0 bridgehead atoms. The van der Waals surface area contributed by atoms with E-state index in [9.17, 15) is 18.0 Å². The van der Waals surface area contributed by atoms with Crippen molar-refractivity contribution in [1.82, 2.24) is 20.0 Å². The Morgan fingerprint density at radius 1 is 1.37 bits per heavy atom. The van der Waals surface area contributed by atoms with Gasteiger partial charge in [-0.05, 0) is 18.9 Å². The molecule has 2 aromatic rings. The van der Waals surface area contributed by atoms with E-state index >= 15 is 0 Å². The lowest BCUT2D eigenvalue weighted by Gasteiger charge is -2.34. The molecule has 0 radical (unpaired) electrons. The van der Waals surface area contributed by atoms with E-state index in [0.29, 0.717) is 6.54 Å². The molecule has 1 saturated carbocycles. The molecule has 3 rings (SSSR count). The van der Waals surface area contributed by atoms with Crippen LogP contribution in [0.2, 0.25) is 0 Å². The monoisotopic (exact) mass is 384 g/mol. The fraction of sp³-hybridized carbons (Fsp3) is 0.556. The quantitative estimate of drug-likeness (QED) is 0.845. The van der Waals surface area contributed by atoms with Crippen LogP contribution in [0.25, 0.3) is 0 Å². The van der Waals surface area contributed by atoms with Gasteiger partial charge in [-0.25, -0.2) is 4.79 Å². The first kappa shape index (κ1) is 19.3. The first-order valence-electron chi connectivity index (χ1n) is 9.00. The van der Waals surface area contributed by atoms with Crippen LogP contribution in [0.4, 0.5) is 18.0 Å². The van der Waals surface area contributed by atoms with Crippen LogP contribution in [-0.4, -0.2) is 26.8 Å². The molecular weight excluding hydrogens is 361 g/mol. The highest BCUT2D eigenvalue weighted by molar-refractivity contribution is 5.74. The highest BCUT2D eigenvalue weighted by Gasteiger charge is 2.37. The van der Waals surface area contributed by atoms with Gasteiger partial charge in [0.2, 0.25) is 0 Å². The number of furan rings is 1. The molecule has 1 aliphatic carbocycles. The Morgan fingerprint density at radius 3 is 2.74 bits per heavy atom. The smallest absolute Gasteiger partial charge is 0.435 e. The highest BCUT2D eigenvalue weighted by Crippen LogP contribution is 2.30. The van der Waals surface area contributed by atoms with E-state index in [0.717, 1.165) is 42.3 Å². The predicted octanol–water partition coefficient (Wildman–Crippen LogP) is 4.08. The number of carbonyl (C=O) groups excluding carboxylic acids is 1. The fourth-order valence-corrected chi connectivity index (χ4v) is 3.52. The number of nitrogens with zero attached hydrogens (tertiary/aromatic N) is 3. The summed E-state index contributed by atoms with van der Waals surface area (Å²) in [7, 11) is 1.42. The van der Waals surface area contributed by atoms with Crippen LogP contribution < -0.4 is 5.32 Å². The van der Waals surface area contributed by atoms with E-state index in [-0.39, 0.29) is 24.2 Å². The number of hydrogen-bond donors (Lipinski definition) is 1. The number of halogens is 3. The number of nitrogens with one attached hydrogen (secondary N) is 1. The van der Waals surface area contributed by atoms with Gasteiger partial charge >= 0.3 is 12.2 Å². The van der Waals surface area contributed by atoms with Gasteiger partial charge < -0.3 is 14.6 Å². The van der Waals surface area contributed by atoms with Crippen molar-refractivity contribution in [1.29, 1.82) is 0 Å².